The number of hydrogen-bond donors (Lipinski definition) is 1. The van der Waals surface area contributed by atoms with Gasteiger partial charge in [0.1, 0.15) is 18.7 Å². The molecular weight excluding hydrogens is 336 g/mol. The maximum atomic E-state index is 11.8. The van der Waals surface area contributed by atoms with E-state index in [1.807, 2.05) is 18.2 Å². The van der Waals surface area contributed by atoms with Crippen molar-refractivity contribution in [2.75, 3.05) is 11.9 Å². The van der Waals surface area contributed by atoms with Crippen molar-refractivity contribution in [3.63, 3.8) is 0 Å². The van der Waals surface area contributed by atoms with Crippen molar-refractivity contribution in [1.82, 2.24) is 14.8 Å². The second-order valence-corrected chi connectivity index (χ2v) is 5.39. The molecule has 3 rings (SSSR count). The largest absolute Gasteiger partial charge is 0.481 e. The Morgan fingerprint density at radius 1 is 1.57 bits per heavy atom. The first-order valence-corrected chi connectivity index (χ1v) is 7.03. The highest BCUT2D eigenvalue weighted by molar-refractivity contribution is 9.10. The van der Waals surface area contributed by atoms with Crippen molar-refractivity contribution in [2.24, 2.45) is 0 Å². The van der Waals surface area contributed by atoms with E-state index in [4.69, 9.17) is 11.2 Å². The number of nitrogens with zero attached hydrogens (tertiary/aromatic N) is 3. The highest BCUT2D eigenvalue weighted by atomic mass is 79.9. The quantitative estimate of drug-likeness (QED) is 0.863. The first-order valence-electron chi connectivity index (χ1n) is 6.24. The number of ether oxygens (including phenoxy) is 1. The lowest BCUT2D eigenvalue weighted by Gasteiger charge is -2.25. The molecule has 0 spiro atoms. The standard InChI is InChI=1S/C14H11BrN4O2/c1-2-5-21-12-4-3-9(15)6-10(12)11-7-13(20)18-14-16-8-17-19(11)14/h1,3-4,6,8,11H,5,7H2,(H,16,17,18,20)/t11-/m0/s1. The topological polar surface area (TPSA) is 69.0 Å². The van der Waals surface area contributed by atoms with Crippen LogP contribution in [0.2, 0.25) is 0 Å². The van der Waals surface area contributed by atoms with Gasteiger partial charge in [-0.3, -0.25) is 10.1 Å². The molecular formula is C14H11BrN4O2. The number of amides is 1. The zero-order valence-corrected chi connectivity index (χ0v) is 12.5. The van der Waals surface area contributed by atoms with Gasteiger partial charge in [0.05, 0.1) is 12.5 Å². The van der Waals surface area contributed by atoms with Gasteiger partial charge in [0.15, 0.2) is 0 Å². The minimum atomic E-state index is -0.276. The van der Waals surface area contributed by atoms with Gasteiger partial charge in [0.2, 0.25) is 11.9 Å². The van der Waals surface area contributed by atoms with E-state index in [9.17, 15) is 4.79 Å². The molecule has 0 saturated heterocycles. The number of carbonyl (C=O) groups is 1. The van der Waals surface area contributed by atoms with E-state index in [1.165, 1.54) is 6.33 Å². The molecule has 0 aliphatic carbocycles. The van der Waals surface area contributed by atoms with Gasteiger partial charge in [-0.15, -0.1) is 6.42 Å². The van der Waals surface area contributed by atoms with E-state index >= 15 is 0 Å². The average molecular weight is 347 g/mol. The molecule has 0 radical (unpaired) electrons. The number of fused-ring (bicyclic) bond motifs is 1. The molecule has 0 fully saturated rings. The number of anilines is 1. The molecule has 0 unspecified atom stereocenters. The van der Waals surface area contributed by atoms with Gasteiger partial charge >= 0.3 is 0 Å². The Labute approximate surface area is 129 Å². The lowest BCUT2D eigenvalue weighted by atomic mass is 10.0. The summed E-state index contributed by atoms with van der Waals surface area (Å²) in [6.45, 7) is 0.164. The fraction of sp³-hybridized carbons (Fsp3) is 0.214. The Bertz CT molecular complexity index is 735. The molecule has 1 aliphatic rings. The van der Waals surface area contributed by atoms with Crippen molar-refractivity contribution in [1.29, 1.82) is 0 Å². The minimum absolute atomic E-state index is 0.108. The summed E-state index contributed by atoms with van der Waals surface area (Å²) < 4.78 is 8.13. The molecule has 1 amide bonds. The monoisotopic (exact) mass is 346 g/mol. The van der Waals surface area contributed by atoms with Crippen molar-refractivity contribution >= 4 is 27.8 Å². The molecule has 1 aromatic carbocycles. The van der Waals surface area contributed by atoms with Gasteiger partial charge in [-0.25, -0.2) is 4.68 Å². The fourth-order valence-corrected chi connectivity index (χ4v) is 2.66. The Morgan fingerprint density at radius 2 is 2.43 bits per heavy atom. The summed E-state index contributed by atoms with van der Waals surface area (Å²) in [5.74, 6) is 3.39. The summed E-state index contributed by atoms with van der Waals surface area (Å²) in [5.41, 5.74) is 0.834. The van der Waals surface area contributed by atoms with E-state index < -0.39 is 0 Å². The number of terminal acetylenes is 1. The normalized spacial score (nSPS) is 16.8. The van der Waals surface area contributed by atoms with E-state index in [0.29, 0.717) is 11.7 Å². The molecule has 21 heavy (non-hydrogen) atoms. The van der Waals surface area contributed by atoms with Crippen LogP contribution in [0.25, 0.3) is 0 Å². The van der Waals surface area contributed by atoms with Crippen LogP contribution in [0.3, 0.4) is 0 Å². The molecule has 106 valence electrons. The average Bonchev–Trinajstić information content (AvgIpc) is 2.93. The summed E-state index contributed by atoms with van der Waals surface area (Å²) in [7, 11) is 0. The third-order valence-electron chi connectivity index (χ3n) is 3.14. The lowest BCUT2D eigenvalue weighted by Crippen LogP contribution is -2.29. The molecule has 1 aromatic heterocycles. The second-order valence-electron chi connectivity index (χ2n) is 4.47. The molecule has 1 atom stereocenters. The van der Waals surface area contributed by atoms with E-state index in [-0.39, 0.29) is 25.0 Å². The summed E-state index contributed by atoms with van der Waals surface area (Å²) in [4.78, 5) is 15.9. The van der Waals surface area contributed by atoms with E-state index in [2.05, 4.69) is 37.2 Å². The van der Waals surface area contributed by atoms with Gasteiger partial charge in [0.25, 0.3) is 0 Å². The van der Waals surface area contributed by atoms with Gasteiger partial charge < -0.3 is 4.74 Å². The van der Waals surface area contributed by atoms with Crippen LogP contribution in [0.1, 0.15) is 18.0 Å². The van der Waals surface area contributed by atoms with Crippen LogP contribution in [0.15, 0.2) is 29.0 Å². The number of rotatable bonds is 3. The van der Waals surface area contributed by atoms with Crippen LogP contribution in [-0.2, 0) is 4.79 Å². The van der Waals surface area contributed by atoms with Crippen molar-refractivity contribution < 1.29 is 9.53 Å². The number of halogens is 1. The molecule has 1 N–H and O–H groups in total. The van der Waals surface area contributed by atoms with Crippen LogP contribution in [-0.4, -0.2) is 27.3 Å². The van der Waals surface area contributed by atoms with Gasteiger partial charge in [-0.1, -0.05) is 21.9 Å². The van der Waals surface area contributed by atoms with Gasteiger partial charge in [-0.2, -0.15) is 10.1 Å². The number of aromatic nitrogens is 3. The number of benzene rings is 1. The van der Waals surface area contributed by atoms with Gasteiger partial charge in [-0.05, 0) is 18.2 Å². The smallest absolute Gasteiger partial charge is 0.229 e. The Balaban J connectivity index is 2.06. The number of hydrogen-bond acceptors (Lipinski definition) is 4. The predicted molar refractivity (Wildman–Crippen MR) is 79.9 cm³/mol. The molecule has 6 nitrogen and oxygen atoms in total. The van der Waals surface area contributed by atoms with Crippen LogP contribution < -0.4 is 10.1 Å². The minimum Gasteiger partial charge on any atom is -0.481 e. The Kier molecular flexibility index (Phi) is 3.62. The molecule has 2 aromatic rings. The lowest BCUT2D eigenvalue weighted by molar-refractivity contribution is -0.117. The predicted octanol–water partition coefficient (Wildman–Crippen LogP) is 1.98. The SMILES string of the molecule is C#CCOc1ccc(Br)cc1[C@@H]1CC(=O)Nc2ncnn21. The first kappa shape index (κ1) is 13.6. The third-order valence-corrected chi connectivity index (χ3v) is 3.63. The Morgan fingerprint density at radius 3 is 3.24 bits per heavy atom. The maximum absolute atomic E-state index is 11.8. The van der Waals surface area contributed by atoms with Gasteiger partial charge in [0, 0.05) is 10.0 Å². The van der Waals surface area contributed by atoms with Crippen LogP contribution >= 0.6 is 15.9 Å². The summed E-state index contributed by atoms with van der Waals surface area (Å²) in [5, 5.41) is 6.86. The van der Waals surface area contributed by atoms with Crippen molar-refractivity contribution in [2.45, 2.75) is 12.5 Å². The van der Waals surface area contributed by atoms with Crippen molar-refractivity contribution in [3.05, 3.63) is 34.6 Å². The first-order chi connectivity index (χ1) is 10.2. The molecule has 0 saturated carbocycles. The van der Waals surface area contributed by atoms with E-state index in [0.717, 1.165) is 10.0 Å². The number of nitrogens with one attached hydrogen (secondary N) is 1. The maximum Gasteiger partial charge on any atom is 0.229 e. The zero-order chi connectivity index (χ0) is 14.8. The molecule has 0 bridgehead atoms. The molecule has 1 aliphatic heterocycles. The van der Waals surface area contributed by atoms with E-state index in [1.54, 1.807) is 4.68 Å². The highest BCUT2D eigenvalue weighted by Crippen LogP contribution is 2.35. The van der Waals surface area contributed by atoms with Crippen LogP contribution in [0, 0.1) is 12.3 Å². The summed E-state index contributed by atoms with van der Waals surface area (Å²) >= 11 is 3.44. The number of carbonyl (C=O) groups excluding carboxylic acids is 1. The third kappa shape index (κ3) is 2.62. The summed E-state index contributed by atoms with van der Waals surface area (Å²) in [6.07, 6.45) is 6.91. The molecule has 2 heterocycles. The van der Waals surface area contributed by atoms with Crippen molar-refractivity contribution in [3.8, 4) is 18.1 Å². The highest BCUT2D eigenvalue weighted by Gasteiger charge is 2.29. The molecule has 7 heteroatoms. The zero-order valence-electron chi connectivity index (χ0n) is 10.9. The Hall–Kier alpha value is -2.33. The second kappa shape index (κ2) is 5.58. The fourth-order valence-electron chi connectivity index (χ4n) is 2.28. The van der Waals surface area contributed by atoms with Crippen LogP contribution in [0.5, 0.6) is 5.75 Å². The summed E-state index contributed by atoms with van der Waals surface area (Å²) in [6, 6.07) is 5.31. The van der Waals surface area contributed by atoms with Crippen LogP contribution in [0.4, 0.5) is 5.95 Å².